The second kappa shape index (κ2) is 4.55. The largest absolute Gasteiger partial charge is 0.573 e. The van der Waals surface area contributed by atoms with Crippen molar-refractivity contribution in [2.75, 3.05) is 0 Å². The number of aryl methyl sites for hydroxylation is 1. The van der Waals surface area contributed by atoms with E-state index in [1.54, 1.807) is 6.92 Å². The molecule has 1 rings (SSSR count). The van der Waals surface area contributed by atoms with E-state index in [-0.39, 0.29) is 23.3 Å². The Morgan fingerprint density at radius 3 is 2.50 bits per heavy atom. The van der Waals surface area contributed by atoms with Crippen LogP contribution in [0.4, 0.5) is 13.2 Å². The lowest BCUT2D eigenvalue weighted by Gasteiger charge is -2.14. The molecule has 0 saturated heterocycles. The number of carbonyl (C=O) groups is 1. The van der Waals surface area contributed by atoms with Crippen LogP contribution in [0.3, 0.4) is 0 Å². The number of carbonyl (C=O) groups excluding carboxylic acids is 1. The Balaban J connectivity index is 3.19. The van der Waals surface area contributed by atoms with Crippen LogP contribution in [0.25, 0.3) is 0 Å². The van der Waals surface area contributed by atoms with E-state index in [4.69, 9.17) is 0 Å². The quantitative estimate of drug-likeness (QED) is 0.745. The topological polar surface area (TPSA) is 26.3 Å². The van der Waals surface area contributed by atoms with Crippen LogP contribution >= 0.6 is 0 Å². The SMILES string of the molecule is CCC(=O)c1cccc(C)c1OC(F)(F)F. The second-order valence-electron chi connectivity index (χ2n) is 3.28. The highest BCUT2D eigenvalue weighted by molar-refractivity contribution is 5.98. The number of ether oxygens (including phenoxy) is 1. The van der Waals surface area contributed by atoms with Crippen LogP contribution in [0.2, 0.25) is 0 Å². The molecule has 0 atom stereocenters. The third kappa shape index (κ3) is 2.98. The van der Waals surface area contributed by atoms with E-state index in [0.717, 1.165) is 0 Å². The summed E-state index contributed by atoms with van der Waals surface area (Å²) in [6.45, 7) is 3.05. The number of para-hydroxylation sites is 1. The summed E-state index contributed by atoms with van der Waals surface area (Å²) in [4.78, 5) is 11.4. The van der Waals surface area contributed by atoms with Crippen LogP contribution in [0.5, 0.6) is 5.75 Å². The molecule has 0 aliphatic rings. The van der Waals surface area contributed by atoms with Gasteiger partial charge in [0, 0.05) is 6.42 Å². The van der Waals surface area contributed by atoms with Gasteiger partial charge in [-0.3, -0.25) is 4.79 Å². The molecule has 0 N–H and O–H groups in total. The summed E-state index contributed by atoms with van der Waals surface area (Å²) in [7, 11) is 0. The van der Waals surface area contributed by atoms with Crippen molar-refractivity contribution in [2.24, 2.45) is 0 Å². The lowest BCUT2D eigenvalue weighted by molar-refractivity contribution is -0.274. The van der Waals surface area contributed by atoms with Gasteiger partial charge in [0.2, 0.25) is 0 Å². The number of benzene rings is 1. The van der Waals surface area contributed by atoms with Crippen molar-refractivity contribution >= 4 is 5.78 Å². The summed E-state index contributed by atoms with van der Waals surface area (Å²) in [5.74, 6) is -0.773. The highest BCUT2D eigenvalue weighted by atomic mass is 19.4. The van der Waals surface area contributed by atoms with Crippen LogP contribution in [-0.2, 0) is 0 Å². The Labute approximate surface area is 91.0 Å². The Bertz CT molecular complexity index is 397. The van der Waals surface area contributed by atoms with Crippen LogP contribution in [0.15, 0.2) is 18.2 Å². The van der Waals surface area contributed by atoms with E-state index in [1.807, 2.05) is 0 Å². The lowest BCUT2D eigenvalue weighted by atomic mass is 10.0. The average Bonchev–Trinajstić information content (AvgIpc) is 2.18. The van der Waals surface area contributed by atoms with Gasteiger partial charge in [-0.2, -0.15) is 0 Å². The number of alkyl halides is 3. The minimum Gasteiger partial charge on any atom is -0.405 e. The third-order valence-electron chi connectivity index (χ3n) is 2.05. The molecular formula is C11H11F3O2. The number of Topliss-reactive ketones (excluding diaryl/α,β-unsaturated/α-hetero) is 1. The molecular weight excluding hydrogens is 221 g/mol. The number of rotatable bonds is 3. The first kappa shape index (κ1) is 12.5. The van der Waals surface area contributed by atoms with Gasteiger partial charge in [0.05, 0.1) is 5.56 Å². The van der Waals surface area contributed by atoms with E-state index in [0.29, 0.717) is 0 Å². The van der Waals surface area contributed by atoms with Crippen LogP contribution in [0, 0.1) is 6.92 Å². The maximum absolute atomic E-state index is 12.1. The molecule has 5 heteroatoms. The van der Waals surface area contributed by atoms with Crippen molar-refractivity contribution < 1.29 is 22.7 Å². The fraction of sp³-hybridized carbons (Fsp3) is 0.364. The van der Waals surface area contributed by atoms with Gasteiger partial charge in [-0.25, -0.2) is 0 Å². The van der Waals surface area contributed by atoms with Crippen molar-refractivity contribution in [3.8, 4) is 5.75 Å². The summed E-state index contributed by atoms with van der Waals surface area (Å²) >= 11 is 0. The normalized spacial score (nSPS) is 11.3. The molecule has 0 radical (unpaired) electrons. The van der Waals surface area contributed by atoms with Gasteiger partial charge in [0.25, 0.3) is 0 Å². The summed E-state index contributed by atoms with van der Waals surface area (Å²) < 4.78 is 40.3. The predicted octanol–water partition coefficient (Wildman–Crippen LogP) is 3.49. The van der Waals surface area contributed by atoms with Crippen molar-refractivity contribution in [3.63, 3.8) is 0 Å². The molecule has 2 nitrogen and oxygen atoms in total. The van der Waals surface area contributed by atoms with E-state index in [9.17, 15) is 18.0 Å². The molecule has 0 aliphatic carbocycles. The Kier molecular flexibility index (Phi) is 3.57. The zero-order valence-corrected chi connectivity index (χ0v) is 8.89. The highest BCUT2D eigenvalue weighted by Gasteiger charge is 2.33. The van der Waals surface area contributed by atoms with Crippen molar-refractivity contribution in [1.82, 2.24) is 0 Å². The summed E-state index contributed by atoms with van der Waals surface area (Å²) in [6, 6.07) is 4.33. The number of hydrogen-bond donors (Lipinski definition) is 0. The fourth-order valence-electron chi connectivity index (χ4n) is 1.31. The zero-order valence-electron chi connectivity index (χ0n) is 8.89. The van der Waals surface area contributed by atoms with Crippen molar-refractivity contribution in [1.29, 1.82) is 0 Å². The van der Waals surface area contributed by atoms with Crippen molar-refractivity contribution in [2.45, 2.75) is 26.6 Å². The maximum Gasteiger partial charge on any atom is 0.573 e. The molecule has 88 valence electrons. The Hall–Kier alpha value is -1.52. The molecule has 0 saturated carbocycles. The van der Waals surface area contributed by atoms with Crippen LogP contribution in [0.1, 0.15) is 29.3 Å². The molecule has 16 heavy (non-hydrogen) atoms. The number of hydrogen-bond acceptors (Lipinski definition) is 2. The second-order valence-corrected chi connectivity index (χ2v) is 3.28. The number of halogens is 3. The van der Waals surface area contributed by atoms with Gasteiger partial charge < -0.3 is 4.74 Å². The maximum atomic E-state index is 12.1. The third-order valence-corrected chi connectivity index (χ3v) is 2.05. The van der Waals surface area contributed by atoms with Gasteiger partial charge in [0.1, 0.15) is 5.75 Å². The zero-order chi connectivity index (χ0) is 12.3. The van der Waals surface area contributed by atoms with Crippen molar-refractivity contribution in [3.05, 3.63) is 29.3 Å². The first-order chi connectivity index (χ1) is 7.35. The average molecular weight is 232 g/mol. The van der Waals surface area contributed by atoms with Crippen LogP contribution < -0.4 is 4.74 Å². The molecule has 0 spiro atoms. The smallest absolute Gasteiger partial charge is 0.405 e. The molecule has 0 amide bonds. The van der Waals surface area contributed by atoms with E-state index in [1.165, 1.54) is 25.1 Å². The molecule has 0 aromatic heterocycles. The minimum atomic E-state index is -4.78. The van der Waals surface area contributed by atoms with E-state index in [2.05, 4.69) is 4.74 Å². The van der Waals surface area contributed by atoms with Gasteiger partial charge in [-0.1, -0.05) is 19.1 Å². The molecule has 0 bridgehead atoms. The molecule has 0 unspecified atom stereocenters. The van der Waals surface area contributed by atoms with Gasteiger partial charge in [-0.15, -0.1) is 13.2 Å². The van der Waals surface area contributed by atoms with E-state index < -0.39 is 12.1 Å². The Morgan fingerprint density at radius 2 is 2.00 bits per heavy atom. The van der Waals surface area contributed by atoms with Gasteiger partial charge >= 0.3 is 6.36 Å². The summed E-state index contributed by atoms with van der Waals surface area (Å²) in [5, 5.41) is 0. The predicted molar refractivity (Wildman–Crippen MR) is 52.5 cm³/mol. The van der Waals surface area contributed by atoms with Gasteiger partial charge in [0.15, 0.2) is 5.78 Å². The number of ketones is 1. The molecule has 1 aromatic carbocycles. The first-order valence-electron chi connectivity index (χ1n) is 4.73. The molecule has 0 heterocycles. The van der Waals surface area contributed by atoms with Gasteiger partial charge in [-0.05, 0) is 18.6 Å². The highest BCUT2D eigenvalue weighted by Crippen LogP contribution is 2.30. The van der Waals surface area contributed by atoms with E-state index >= 15 is 0 Å². The fourth-order valence-corrected chi connectivity index (χ4v) is 1.31. The summed E-state index contributed by atoms with van der Waals surface area (Å²) in [5.41, 5.74) is 0.261. The minimum absolute atomic E-state index is 0.0279. The Morgan fingerprint density at radius 1 is 1.38 bits per heavy atom. The lowest BCUT2D eigenvalue weighted by Crippen LogP contribution is -2.19. The molecule has 0 aliphatic heterocycles. The summed E-state index contributed by atoms with van der Waals surface area (Å²) in [6.07, 6.45) is -4.65. The first-order valence-corrected chi connectivity index (χ1v) is 4.73. The molecule has 1 aromatic rings. The molecule has 0 fully saturated rings. The van der Waals surface area contributed by atoms with Crippen LogP contribution in [-0.4, -0.2) is 12.1 Å². The standard InChI is InChI=1S/C11H11F3O2/c1-3-9(15)8-6-4-5-7(2)10(8)16-11(12,13)14/h4-6H,3H2,1-2H3. The monoisotopic (exact) mass is 232 g/mol.